The first-order valence-corrected chi connectivity index (χ1v) is 6.57. The van der Waals surface area contributed by atoms with Crippen molar-refractivity contribution in [2.75, 3.05) is 0 Å². The summed E-state index contributed by atoms with van der Waals surface area (Å²) in [7, 11) is 0. The Labute approximate surface area is 127 Å². The summed E-state index contributed by atoms with van der Waals surface area (Å²) in [5.74, 6) is -1.68. The average molecular weight is 353 g/mol. The first kappa shape index (κ1) is 15.0. The van der Waals surface area contributed by atoms with Crippen LogP contribution in [0.5, 0.6) is 11.5 Å². The summed E-state index contributed by atoms with van der Waals surface area (Å²) < 4.78 is 14.1. The number of nitrogens with one attached hydrogen (secondary N) is 1. The maximum absolute atomic E-state index is 13.5. The van der Waals surface area contributed by atoms with Crippen molar-refractivity contribution in [2.45, 2.75) is 0 Å². The van der Waals surface area contributed by atoms with E-state index >= 15 is 0 Å². The van der Waals surface area contributed by atoms with Gasteiger partial charge in [0.2, 0.25) is 0 Å². The van der Waals surface area contributed by atoms with Crippen LogP contribution in [0.25, 0.3) is 0 Å². The molecule has 0 fully saturated rings. The number of phenols is 2. The van der Waals surface area contributed by atoms with E-state index in [9.17, 15) is 19.4 Å². The largest absolute Gasteiger partial charge is 0.508 e. The van der Waals surface area contributed by atoms with E-state index in [0.717, 1.165) is 12.3 Å². The Kier molecular flexibility index (Phi) is 4.54. The number of aromatic hydroxyl groups is 2. The van der Waals surface area contributed by atoms with E-state index in [2.05, 4.69) is 26.5 Å². The quantitative estimate of drug-likeness (QED) is 0.451. The minimum absolute atomic E-state index is 0.136. The second-order valence-corrected chi connectivity index (χ2v) is 4.98. The van der Waals surface area contributed by atoms with Gasteiger partial charge in [-0.3, -0.25) is 4.79 Å². The van der Waals surface area contributed by atoms with Gasteiger partial charge in [-0.05, 0) is 36.4 Å². The SMILES string of the molecule is O=C(N/N=C\c1ccc(Br)cc1F)c1cc(O)ccc1O. The monoisotopic (exact) mass is 352 g/mol. The van der Waals surface area contributed by atoms with E-state index in [1.54, 1.807) is 6.07 Å². The molecule has 0 bridgehead atoms. The molecule has 3 N–H and O–H groups in total. The molecule has 5 nitrogen and oxygen atoms in total. The Hall–Kier alpha value is -2.41. The number of nitrogens with zero attached hydrogens (tertiary/aromatic N) is 1. The second-order valence-electron chi connectivity index (χ2n) is 4.07. The highest BCUT2D eigenvalue weighted by atomic mass is 79.9. The number of halogens is 2. The zero-order valence-corrected chi connectivity index (χ0v) is 12.1. The minimum Gasteiger partial charge on any atom is -0.508 e. The molecule has 0 aliphatic heterocycles. The van der Waals surface area contributed by atoms with E-state index in [-0.39, 0.29) is 22.6 Å². The Morgan fingerprint density at radius 1 is 1.24 bits per heavy atom. The Balaban J connectivity index is 2.10. The zero-order valence-electron chi connectivity index (χ0n) is 10.5. The number of benzene rings is 2. The molecule has 1 amide bonds. The van der Waals surface area contributed by atoms with E-state index in [4.69, 9.17) is 0 Å². The molecule has 0 atom stereocenters. The number of rotatable bonds is 3. The normalized spacial score (nSPS) is 10.8. The third-order valence-corrected chi connectivity index (χ3v) is 3.05. The minimum atomic E-state index is -0.725. The van der Waals surface area contributed by atoms with Crippen molar-refractivity contribution in [3.8, 4) is 11.5 Å². The molecule has 108 valence electrons. The smallest absolute Gasteiger partial charge is 0.275 e. The molecule has 21 heavy (non-hydrogen) atoms. The van der Waals surface area contributed by atoms with Crippen LogP contribution in [0.2, 0.25) is 0 Å². The van der Waals surface area contributed by atoms with Gasteiger partial charge < -0.3 is 10.2 Å². The Morgan fingerprint density at radius 3 is 2.71 bits per heavy atom. The zero-order chi connectivity index (χ0) is 15.4. The molecular formula is C14H10BrFN2O3. The van der Waals surface area contributed by atoms with Crippen LogP contribution >= 0.6 is 15.9 Å². The van der Waals surface area contributed by atoms with Crippen LogP contribution in [0.1, 0.15) is 15.9 Å². The van der Waals surface area contributed by atoms with Gasteiger partial charge in [0, 0.05) is 10.0 Å². The average Bonchev–Trinajstić information content (AvgIpc) is 2.43. The van der Waals surface area contributed by atoms with Crippen LogP contribution in [-0.4, -0.2) is 22.3 Å². The fourth-order valence-corrected chi connectivity index (χ4v) is 1.87. The Morgan fingerprint density at radius 2 is 2.00 bits per heavy atom. The van der Waals surface area contributed by atoms with Crippen LogP contribution in [0.4, 0.5) is 4.39 Å². The molecule has 0 heterocycles. The predicted molar refractivity (Wildman–Crippen MR) is 78.9 cm³/mol. The molecule has 0 aromatic heterocycles. The van der Waals surface area contributed by atoms with Crippen molar-refractivity contribution in [3.05, 3.63) is 57.8 Å². The van der Waals surface area contributed by atoms with Crippen molar-refractivity contribution in [2.24, 2.45) is 5.10 Å². The molecule has 2 aromatic carbocycles. The molecule has 0 spiro atoms. The number of hydrogen-bond donors (Lipinski definition) is 3. The molecule has 7 heteroatoms. The third kappa shape index (κ3) is 3.79. The summed E-state index contributed by atoms with van der Waals surface area (Å²) in [6.07, 6.45) is 1.14. The van der Waals surface area contributed by atoms with Crippen LogP contribution in [0, 0.1) is 5.82 Å². The second kappa shape index (κ2) is 6.36. The van der Waals surface area contributed by atoms with Gasteiger partial charge in [0.1, 0.15) is 17.3 Å². The lowest BCUT2D eigenvalue weighted by atomic mass is 10.2. The third-order valence-electron chi connectivity index (χ3n) is 2.56. The number of hydrazone groups is 1. The first-order valence-electron chi connectivity index (χ1n) is 5.78. The van der Waals surface area contributed by atoms with E-state index in [0.29, 0.717) is 4.47 Å². The summed E-state index contributed by atoms with van der Waals surface area (Å²) in [4.78, 5) is 11.7. The fraction of sp³-hybridized carbons (Fsp3) is 0. The number of phenolic OH excluding ortho intramolecular Hbond substituents is 2. The van der Waals surface area contributed by atoms with Crippen LogP contribution in [0.15, 0.2) is 46.0 Å². The summed E-state index contributed by atoms with van der Waals surface area (Å²) in [5, 5.41) is 22.4. The molecule has 2 rings (SSSR count). The number of carbonyl (C=O) groups is 1. The van der Waals surface area contributed by atoms with E-state index in [1.165, 1.54) is 24.3 Å². The highest BCUT2D eigenvalue weighted by Crippen LogP contribution is 2.21. The maximum Gasteiger partial charge on any atom is 0.275 e. The van der Waals surface area contributed by atoms with Gasteiger partial charge in [0.25, 0.3) is 5.91 Å². The van der Waals surface area contributed by atoms with Gasteiger partial charge >= 0.3 is 0 Å². The lowest BCUT2D eigenvalue weighted by Crippen LogP contribution is -2.17. The lowest BCUT2D eigenvalue weighted by Gasteiger charge is -2.03. The van der Waals surface area contributed by atoms with Crippen LogP contribution in [-0.2, 0) is 0 Å². The van der Waals surface area contributed by atoms with Gasteiger partial charge in [-0.1, -0.05) is 15.9 Å². The highest BCUT2D eigenvalue weighted by Gasteiger charge is 2.11. The standard InChI is InChI=1S/C14H10BrFN2O3/c15-9-2-1-8(12(16)5-9)7-17-18-14(21)11-6-10(19)3-4-13(11)20/h1-7,19-20H,(H,18,21)/b17-7-. The summed E-state index contributed by atoms with van der Waals surface area (Å²) in [6.45, 7) is 0. The van der Waals surface area contributed by atoms with E-state index in [1.807, 2.05) is 0 Å². The molecule has 0 saturated carbocycles. The molecule has 0 aliphatic carbocycles. The van der Waals surface area contributed by atoms with Gasteiger partial charge in [-0.25, -0.2) is 9.82 Å². The fourth-order valence-electron chi connectivity index (χ4n) is 1.53. The molecule has 2 aromatic rings. The van der Waals surface area contributed by atoms with Gasteiger partial charge in [-0.15, -0.1) is 0 Å². The summed E-state index contributed by atoms with van der Waals surface area (Å²) in [5.41, 5.74) is 2.20. The molecular weight excluding hydrogens is 343 g/mol. The number of carbonyl (C=O) groups excluding carboxylic acids is 1. The topological polar surface area (TPSA) is 81.9 Å². The maximum atomic E-state index is 13.5. The molecule has 0 saturated heterocycles. The van der Waals surface area contributed by atoms with Crippen molar-refractivity contribution >= 4 is 28.1 Å². The van der Waals surface area contributed by atoms with Crippen LogP contribution < -0.4 is 5.43 Å². The molecule has 0 radical (unpaired) electrons. The van der Waals surface area contributed by atoms with Gasteiger partial charge in [0.15, 0.2) is 0 Å². The molecule has 0 aliphatic rings. The lowest BCUT2D eigenvalue weighted by molar-refractivity contribution is 0.0952. The predicted octanol–water partition coefficient (Wildman–Crippen LogP) is 2.76. The Bertz CT molecular complexity index is 719. The van der Waals surface area contributed by atoms with Gasteiger partial charge in [-0.2, -0.15) is 5.10 Å². The first-order chi connectivity index (χ1) is 9.97. The van der Waals surface area contributed by atoms with Crippen LogP contribution in [0.3, 0.4) is 0 Å². The van der Waals surface area contributed by atoms with Crippen molar-refractivity contribution in [1.29, 1.82) is 0 Å². The number of hydrogen-bond acceptors (Lipinski definition) is 4. The van der Waals surface area contributed by atoms with Crippen molar-refractivity contribution in [1.82, 2.24) is 5.43 Å². The number of amides is 1. The highest BCUT2D eigenvalue weighted by molar-refractivity contribution is 9.10. The van der Waals surface area contributed by atoms with Crippen molar-refractivity contribution < 1.29 is 19.4 Å². The summed E-state index contributed by atoms with van der Waals surface area (Å²) >= 11 is 3.13. The van der Waals surface area contributed by atoms with Crippen molar-refractivity contribution in [3.63, 3.8) is 0 Å². The summed E-state index contributed by atoms with van der Waals surface area (Å²) in [6, 6.07) is 7.91. The van der Waals surface area contributed by atoms with Gasteiger partial charge in [0.05, 0.1) is 11.8 Å². The molecule has 0 unspecified atom stereocenters. The van der Waals surface area contributed by atoms with E-state index < -0.39 is 11.7 Å².